The van der Waals surface area contributed by atoms with E-state index in [9.17, 15) is 0 Å². The molecular formula is C21H29N3OS. The third-order valence-corrected chi connectivity index (χ3v) is 7.05. The molecule has 4 rings (SSSR count). The van der Waals surface area contributed by atoms with Crippen molar-refractivity contribution in [1.82, 2.24) is 14.8 Å². The van der Waals surface area contributed by atoms with Crippen molar-refractivity contribution in [3.63, 3.8) is 0 Å². The summed E-state index contributed by atoms with van der Waals surface area (Å²) in [4.78, 5) is 11.0. The van der Waals surface area contributed by atoms with Gasteiger partial charge in [0.05, 0.1) is 6.61 Å². The molecule has 2 aliphatic rings. The van der Waals surface area contributed by atoms with Crippen molar-refractivity contribution in [2.24, 2.45) is 11.3 Å². The molecule has 26 heavy (non-hydrogen) atoms. The average molecular weight is 372 g/mol. The van der Waals surface area contributed by atoms with Gasteiger partial charge in [0.2, 0.25) is 0 Å². The summed E-state index contributed by atoms with van der Waals surface area (Å²) in [5, 5.41) is 2.19. The first-order chi connectivity index (χ1) is 12.8. The van der Waals surface area contributed by atoms with E-state index in [1.807, 2.05) is 36.9 Å². The largest absolute Gasteiger partial charge is 0.384 e. The number of hydrogen-bond acceptors (Lipinski definition) is 5. The molecule has 0 bridgehead atoms. The summed E-state index contributed by atoms with van der Waals surface area (Å²) in [6, 6.07) is 8.64. The van der Waals surface area contributed by atoms with Crippen LogP contribution in [0.5, 0.6) is 0 Å². The molecule has 2 aromatic rings. The molecule has 140 valence electrons. The molecule has 1 spiro atoms. The number of ether oxygens (including phenoxy) is 1. The van der Waals surface area contributed by atoms with Crippen LogP contribution in [0.25, 0.3) is 0 Å². The first-order valence-electron chi connectivity index (χ1n) is 9.62. The molecule has 0 radical (unpaired) electrons. The van der Waals surface area contributed by atoms with Crippen LogP contribution in [0, 0.1) is 11.3 Å². The zero-order valence-corrected chi connectivity index (χ0v) is 16.5. The quantitative estimate of drug-likeness (QED) is 0.777. The highest BCUT2D eigenvalue weighted by molar-refractivity contribution is 7.09. The second-order valence-corrected chi connectivity index (χ2v) is 8.93. The fraction of sp³-hybridized carbons (Fsp3) is 0.571. The molecule has 2 aromatic heterocycles. The lowest BCUT2D eigenvalue weighted by molar-refractivity contribution is 0.0350. The Bertz CT molecular complexity index is 668. The molecule has 0 aliphatic carbocycles. The lowest BCUT2D eigenvalue weighted by Crippen LogP contribution is -2.44. The summed E-state index contributed by atoms with van der Waals surface area (Å²) in [6.45, 7) is 7.78. The normalized spacial score (nSPS) is 23.7. The van der Waals surface area contributed by atoms with Crippen molar-refractivity contribution in [2.75, 3.05) is 39.9 Å². The van der Waals surface area contributed by atoms with Crippen LogP contribution in [-0.4, -0.2) is 54.7 Å². The van der Waals surface area contributed by atoms with Gasteiger partial charge in [-0.3, -0.25) is 14.8 Å². The molecule has 2 aliphatic heterocycles. The van der Waals surface area contributed by atoms with Gasteiger partial charge in [0, 0.05) is 56.5 Å². The number of hydrogen-bond donors (Lipinski definition) is 0. The summed E-state index contributed by atoms with van der Waals surface area (Å²) in [5.41, 5.74) is 1.75. The highest BCUT2D eigenvalue weighted by Gasteiger charge is 2.47. The van der Waals surface area contributed by atoms with Crippen LogP contribution in [0.2, 0.25) is 0 Å². The average Bonchev–Trinajstić information content (AvgIpc) is 3.28. The van der Waals surface area contributed by atoms with Crippen molar-refractivity contribution in [1.29, 1.82) is 0 Å². The van der Waals surface area contributed by atoms with Crippen molar-refractivity contribution < 1.29 is 4.74 Å². The first kappa shape index (κ1) is 18.1. The first-order valence-corrected chi connectivity index (χ1v) is 10.5. The van der Waals surface area contributed by atoms with Crippen LogP contribution >= 0.6 is 11.3 Å². The molecular weight excluding hydrogens is 342 g/mol. The van der Waals surface area contributed by atoms with Crippen molar-refractivity contribution in [2.45, 2.75) is 25.9 Å². The molecule has 1 atom stereocenters. The lowest BCUT2D eigenvalue weighted by Gasteiger charge is -2.42. The van der Waals surface area contributed by atoms with E-state index in [2.05, 4.69) is 38.4 Å². The monoisotopic (exact) mass is 371 g/mol. The second-order valence-electron chi connectivity index (χ2n) is 7.90. The highest BCUT2D eigenvalue weighted by atomic mass is 32.1. The van der Waals surface area contributed by atoms with E-state index in [0.717, 1.165) is 19.7 Å². The summed E-state index contributed by atoms with van der Waals surface area (Å²) in [5.74, 6) is 0.660. The van der Waals surface area contributed by atoms with Crippen molar-refractivity contribution in [3.05, 3.63) is 52.5 Å². The molecule has 2 saturated heterocycles. The Labute approximate surface area is 160 Å². The van der Waals surface area contributed by atoms with E-state index in [1.165, 1.54) is 49.5 Å². The standard InChI is InChI=1S/C21H29N3OS/c1-25-16-19-14-24(15-20-5-3-11-26-20)17-21(19)6-9-23(10-7-21)13-18-4-2-8-22-12-18/h2-5,8,11-12,19H,6-7,9-10,13-17H2,1H3/t19-/m1/s1. The molecule has 4 nitrogen and oxygen atoms in total. The van der Waals surface area contributed by atoms with Gasteiger partial charge in [0.1, 0.15) is 0 Å². The number of rotatable bonds is 6. The topological polar surface area (TPSA) is 28.6 Å². The number of methoxy groups -OCH3 is 1. The lowest BCUT2D eigenvalue weighted by atomic mass is 9.71. The fourth-order valence-corrected chi connectivity index (χ4v) is 5.54. The van der Waals surface area contributed by atoms with Crippen LogP contribution in [-0.2, 0) is 17.8 Å². The Hall–Kier alpha value is -1.27. The Morgan fingerprint density at radius 1 is 1.19 bits per heavy atom. The van der Waals surface area contributed by atoms with E-state index in [4.69, 9.17) is 4.74 Å². The van der Waals surface area contributed by atoms with E-state index in [-0.39, 0.29) is 0 Å². The maximum absolute atomic E-state index is 5.61. The molecule has 0 saturated carbocycles. The third-order valence-electron chi connectivity index (χ3n) is 6.19. The highest BCUT2D eigenvalue weighted by Crippen LogP contribution is 2.45. The fourth-order valence-electron chi connectivity index (χ4n) is 4.79. The van der Waals surface area contributed by atoms with Crippen molar-refractivity contribution >= 4 is 11.3 Å². The Kier molecular flexibility index (Phi) is 5.69. The maximum atomic E-state index is 5.61. The number of pyridine rings is 1. The van der Waals surface area contributed by atoms with Crippen LogP contribution < -0.4 is 0 Å². The van der Waals surface area contributed by atoms with E-state index in [1.54, 1.807) is 0 Å². The van der Waals surface area contributed by atoms with Gasteiger partial charge in [0.25, 0.3) is 0 Å². The number of likely N-dealkylation sites (tertiary alicyclic amines) is 2. The summed E-state index contributed by atoms with van der Waals surface area (Å²) < 4.78 is 5.61. The number of nitrogens with zero attached hydrogens (tertiary/aromatic N) is 3. The summed E-state index contributed by atoms with van der Waals surface area (Å²) in [6.07, 6.45) is 6.41. The number of aromatic nitrogens is 1. The molecule has 4 heterocycles. The number of piperidine rings is 1. The second kappa shape index (κ2) is 8.17. The van der Waals surface area contributed by atoms with Gasteiger partial charge in [-0.1, -0.05) is 12.1 Å². The van der Waals surface area contributed by atoms with Gasteiger partial charge in [-0.15, -0.1) is 11.3 Å². The van der Waals surface area contributed by atoms with Gasteiger partial charge >= 0.3 is 0 Å². The molecule has 0 N–H and O–H groups in total. The van der Waals surface area contributed by atoms with Gasteiger partial charge < -0.3 is 4.74 Å². The predicted molar refractivity (Wildman–Crippen MR) is 106 cm³/mol. The molecule has 2 fully saturated rings. The molecule has 5 heteroatoms. The van der Waals surface area contributed by atoms with E-state index in [0.29, 0.717) is 11.3 Å². The Morgan fingerprint density at radius 2 is 2.08 bits per heavy atom. The Balaban J connectivity index is 1.38. The third kappa shape index (κ3) is 4.01. The van der Waals surface area contributed by atoms with Crippen LogP contribution in [0.4, 0.5) is 0 Å². The molecule has 0 amide bonds. The van der Waals surface area contributed by atoms with Gasteiger partial charge in [-0.25, -0.2) is 0 Å². The Morgan fingerprint density at radius 3 is 2.77 bits per heavy atom. The van der Waals surface area contributed by atoms with E-state index >= 15 is 0 Å². The van der Waals surface area contributed by atoms with Crippen molar-refractivity contribution in [3.8, 4) is 0 Å². The van der Waals surface area contributed by atoms with E-state index < -0.39 is 0 Å². The van der Waals surface area contributed by atoms with Gasteiger partial charge in [0.15, 0.2) is 0 Å². The minimum Gasteiger partial charge on any atom is -0.384 e. The summed E-state index contributed by atoms with van der Waals surface area (Å²) >= 11 is 1.87. The van der Waals surface area contributed by atoms with Crippen LogP contribution in [0.15, 0.2) is 42.0 Å². The predicted octanol–water partition coefficient (Wildman–Crippen LogP) is 3.50. The smallest absolute Gasteiger partial charge is 0.0508 e. The number of thiophene rings is 1. The maximum Gasteiger partial charge on any atom is 0.0508 e. The van der Waals surface area contributed by atoms with Crippen LogP contribution in [0.3, 0.4) is 0 Å². The summed E-state index contributed by atoms with van der Waals surface area (Å²) in [7, 11) is 1.85. The molecule has 0 aromatic carbocycles. The SMILES string of the molecule is COC[C@H]1CN(Cc2cccs2)CC12CCN(Cc1cccnc1)CC2. The zero-order chi connectivity index (χ0) is 17.8. The van der Waals surface area contributed by atoms with Gasteiger partial charge in [-0.05, 0) is 54.4 Å². The minimum atomic E-state index is 0.429. The van der Waals surface area contributed by atoms with Gasteiger partial charge in [-0.2, -0.15) is 0 Å². The zero-order valence-electron chi connectivity index (χ0n) is 15.6. The van der Waals surface area contributed by atoms with Crippen LogP contribution in [0.1, 0.15) is 23.3 Å². The molecule has 0 unspecified atom stereocenters. The minimum absolute atomic E-state index is 0.429.